The Morgan fingerprint density at radius 2 is 2.04 bits per heavy atom. The maximum absolute atomic E-state index is 12.2. The van der Waals surface area contributed by atoms with Crippen molar-refractivity contribution in [3.8, 4) is 17.1 Å². The summed E-state index contributed by atoms with van der Waals surface area (Å²) in [4.78, 5) is 16.8. The van der Waals surface area contributed by atoms with Crippen LogP contribution in [0.4, 0.5) is 0 Å². The van der Waals surface area contributed by atoms with Crippen molar-refractivity contribution in [1.29, 1.82) is 0 Å². The number of nitrogens with zero attached hydrogens (tertiary/aromatic N) is 4. The monoisotopic (exact) mass is 349 g/mol. The standard InChI is InChI=1S/C18H15N5O3/c1-25-16-8-7-15-21-17(12-5-3-2-4-6-12)13(23(15)22-16)11-19-18(24)14-9-10-20-26-14/h2-10H,11H2,1H3,(H,19,24). The molecule has 8 nitrogen and oxygen atoms in total. The Labute approximate surface area is 148 Å². The van der Waals surface area contributed by atoms with E-state index in [0.29, 0.717) is 11.5 Å². The molecule has 130 valence electrons. The maximum atomic E-state index is 12.2. The van der Waals surface area contributed by atoms with Crippen molar-refractivity contribution in [1.82, 2.24) is 25.1 Å². The highest BCUT2D eigenvalue weighted by molar-refractivity contribution is 5.91. The number of fused-ring (bicyclic) bond motifs is 1. The summed E-state index contributed by atoms with van der Waals surface area (Å²) in [5, 5.41) is 10.8. The fourth-order valence-corrected chi connectivity index (χ4v) is 2.64. The highest BCUT2D eigenvalue weighted by atomic mass is 16.5. The molecule has 1 aromatic carbocycles. The molecule has 1 amide bonds. The molecule has 0 aliphatic rings. The zero-order chi connectivity index (χ0) is 17.9. The predicted molar refractivity (Wildman–Crippen MR) is 92.6 cm³/mol. The summed E-state index contributed by atoms with van der Waals surface area (Å²) in [6.45, 7) is 0.213. The van der Waals surface area contributed by atoms with Crippen molar-refractivity contribution in [2.45, 2.75) is 6.54 Å². The van der Waals surface area contributed by atoms with Gasteiger partial charge in [-0.05, 0) is 6.07 Å². The number of hydrogen-bond donors (Lipinski definition) is 1. The van der Waals surface area contributed by atoms with E-state index in [1.807, 2.05) is 36.4 Å². The summed E-state index contributed by atoms with van der Waals surface area (Å²) in [6.07, 6.45) is 1.42. The van der Waals surface area contributed by atoms with Crippen LogP contribution in [-0.2, 0) is 6.54 Å². The maximum Gasteiger partial charge on any atom is 0.290 e. The van der Waals surface area contributed by atoms with Crippen LogP contribution in [0.5, 0.6) is 5.88 Å². The molecule has 0 unspecified atom stereocenters. The van der Waals surface area contributed by atoms with Gasteiger partial charge < -0.3 is 14.6 Å². The highest BCUT2D eigenvalue weighted by Crippen LogP contribution is 2.24. The van der Waals surface area contributed by atoms with E-state index in [0.717, 1.165) is 17.0 Å². The van der Waals surface area contributed by atoms with Gasteiger partial charge in [-0.3, -0.25) is 4.79 Å². The number of aromatic nitrogens is 4. The molecule has 0 radical (unpaired) electrons. The van der Waals surface area contributed by atoms with Gasteiger partial charge >= 0.3 is 0 Å². The number of methoxy groups -OCH3 is 1. The van der Waals surface area contributed by atoms with Crippen LogP contribution in [0.15, 0.2) is 59.3 Å². The SMILES string of the molecule is COc1ccc2nc(-c3ccccc3)c(CNC(=O)c3ccno3)n2n1. The van der Waals surface area contributed by atoms with Crippen LogP contribution >= 0.6 is 0 Å². The molecular formula is C18H15N5O3. The van der Waals surface area contributed by atoms with Crippen molar-refractivity contribution in [2.24, 2.45) is 0 Å². The zero-order valence-corrected chi connectivity index (χ0v) is 13.9. The third kappa shape index (κ3) is 2.88. The Bertz CT molecular complexity index is 1040. The smallest absolute Gasteiger partial charge is 0.290 e. The van der Waals surface area contributed by atoms with Gasteiger partial charge in [0.2, 0.25) is 11.6 Å². The molecule has 4 aromatic rings. The van der Waals surface area contributed by atoms with Gasteiger partial charge in [-0.2, -0.15) is 0 Å². The highest BCUT2D eigenvalue weighted by Gasteiger charge is 2.18. The van der Waals surface area contributed by atoms with Crippen molar-refractivity contribution >= 4 is 11.6 Å². The van der Waals surface area contributed by atoms with Crippen molar-refractivity contribution in [3.05, 3.63) is 66.2 Å². The van der Waals surface area contributed by atoms with Crippen molar-refractivity contribution in [2.75, 3.05) is 7.11 Å². The fourth-order valence-electron chi connectivity index (χ4n) is 2.64. The van der Waals surface area contributed by atoms with E-state index in [-0.39, 0.29) is 18.2 Å². The van der Waals surface area contributed by atoms with Crippen LogP contribution in [0.2, 0.25) is 0 Å². The lowest BCUT2D eigenvalue weighted by molar-refractivity contribution is 0.0913. The number of rotatable bonds is 5. The number of amides is 1. The lowest BCUT2D eigenvalue weighted by Crippen LogP contribution is -2.23. The second kappa shape index (κ2) is 6.67. The first-order valence-corrected chi connectivity index (χ1v) is 7.93. The molecule has 26 heavy (non-hydrogen) atoms. The van der Waals surface area contributed by atoms with Crippen LogP contribution in [0.3, 0.4) is 0 Å². The largest absolute Gasteiger partial charge is 0.480 e. The average Bonchev–Trinajstić information content (AvgIpc) is 3.34. The number of imidazole rings is 1. The van der Waals surface area contributed by atoms with Crippen molar-refractivity contribution < 1.29 is 14.1 Å². The van der Waals surface area contributed by atoms with E-state index >= 15 is 0 Å². The molecule has 1 N–H and O–H groups in total. The Hall–Kier alpha value is -3.68. The summed E-state index contributed by atoms with van der Waals surface area (Å²) in [7, 11) is 1.55. The van der Waals surface area contributed by atoms with Gasteiger partial charge in [0.1, 0.15) is 0 Å². The quantitative estimate of drug-likeness (QED) is 0.594. The molecule has 8 heteroatoms. The molecule has 0 spiro atoms. The van der Waals surface area contributed by atoms with Crippen LogP contribution < -0.4 is 10.1 Å². The molecule has 0 saturated carbocycles. The van der Waals surface area contributed by atoms with Gasteiger partial charge in [-0.15, -0.1) is 5.10 Å². The van der Waals surface area contributed by atoms with E-state index in [1.165, 1.54) is 12.3 Å². The average molecular weight is 349 g/mol. The molecule has 0 fully saturated rings. The Morgan fingerprint density at radius 1 is 1.19 bits per heavy atom. The zero-order valence-electron chi connectivity index (χ0n) is 13.9. The molecule has 0 bridgehead atoms. The Balaban J connectivity index is 1.75. The first kappa shape index (κ1) is 15.8. The van der Waals surface area contributed by atoms with Crippen LogP contribution in [0.25, 0.3) is 16.9 Å². The molecule has 3 heterocycles. The summed E-state index contributed by atoms with van der Waals surface area (Å²) >= 11 is 0. The Morgan fingerprint density at radius 3 is 2.77 bits per heavy atom. The van der Waals surface area contributed by atoms with Crippen LogP contribution in [0, 0.1) is 0 Å². The minimum Gasteiger partial charge on any atom is -0.480 e. The van der Waals surface area contributed by atoms with E-state index in [9.17, 15) is 4.79 Å². The minimum atomic E-state index is -0.362. The van der Waals surface area contributed by atoms with Gasteiger partial charge in [-0.1, -0.05) is 35.5 Å². The van der Waals surface area contributed by atoms with Crippen molar-refractivity contribution in [3.63, 3.8) is 0 Å². The van der Waals surface area contributed by atoms with Gasteiger partial charge in [0.05, 0.1) is 31.2 Å². The van der Waals surface area contributed by atoms with Crippen LogP contribution in [0.1, 0.15) is 16.2 Å². The second-order valence-electron chi connectivity index (χ2n) is 5.48. The summed E-state index contributed by atoms with van der Waals surface area (Å²) in [6, 6.07) is 14.8. The third-order valence-corrected chi connectivity index (χ3v) is 3.88. The fraction of sp³-hybridized carbons (Fsp3) is 0.111. The first-order valence-electron chi connectivity index (χ1n) is 7.93. The Kier molecular flexibility index (Phi) is 4.06. The number of carbonyl (C=O) groups is 1. The number of nitrogens with one attached hydrogen (secondary N) is 1. The van der Waals surface area contributed by atoms with E-state index < -0.39 is 0 Å². The van der Waals surface area contributed by atoms with E-state index in [4.69, 9.17) is 9.26 Å². The second-order valence-corrected chi connectivity index (χ2v) is 5.48. The predicted octanol–water partition coefficient (Wildman–Crippen LogP) is 2.32. The number of benzene rings is 1. The van der Waals surface area contributed by atoms with Crippen LogP contribution in [-0.4, -0.2) is 32.8 Å². The molecular weight excluding hydrogens is 334 g/mol. The molecule has 0 aliphatic carbocycles. The minimum absolute atomic E-state index is 0.144. The molecule has 0 atom stereocenters. The van der Waals surface area contributed by atoms with Gasteiger partial charge in [-0.25, -0.2) is 9.50 Å². The summed E-state index contributed by atoms with van der Waals surface area (Å²) in [5.41, 5.74) is 3.07. The molecule has 3 aromatic heterocycles. The van der Waals surface area contributed by atoms with Gasteiger partial charge in [0.25, 0.3) is 5.91 Å². The number of ether oxygens (including phenoxy) is 1. The number of carbonyl (C=O) groups excluding carboxylic acids is 1. The first-order chi connectivity index (χ1) is 12.8. The topological polar surface area (TPSA) is 94.5 Å². The third-order valence-electron chi connectivity index (χ3n) is 3.88. The van der Waals surface area contributed by atoms with E-state index in [2.05, 4.69) is 20.6 Å². The number of hydrogen-bond acceptors (Lipinski definition) is 6. The van der Waals surface area contributed by atoms with Gasteiger partial charge in [0.15, 0.2) is 5.65 Å². The lowest BCUT2D eigenvalue weighted by Gasteiger charge is -2.06. The normalized spacial score (nSPS) is 10.8. The van der Waals surface area contributed by atoms with E-state index in [1.54, 1.807) is 17.7 Å². The molecule has 0 aliphatic heterocycles. The summed E-state index contributed by atoms with van der Waals surface area (Å²) in [5.74, 6) is 0.238. The van der Waals surface area contributed by atoms with Gasteiger partial charge in [0, 0.05) is 17.7 Å². The molecule has 4 rings (SSSR count). The lowest BCUT2D eigenvalue weighted by atomic mass is 10.1. The summed E-state index contributed by atoms with van der Waals surface area (Å²) < 4.78 is 11.8. The molecule has 0 saturated heterocycles.